The Kier molecular flexibility index (Phi) is 8.52. The average Bonchev–Trinajstić information content (AvgIpc) is 3.12. The Morgan fingerprint density at radius 1 is 1.06 bits per heavy atom. The van der Waals surface area contributed by atoms with Crippen LogP contribution in [0.25, 0.3) is 6.08 Å². The molecular formula is C27H23FINO5S. The lowest BCUT2D eigenvalue weighted by Gasteiger charge is -2.14. The van der Waals surface area contributed by atoms with E-state index in [0.29, 0.717) is 33.3 Å². The van der Waals surface area contributed by atoms with Gasteiger partial charge in [-0.15, -0.1) is 0 Å². The lowest BCUT2D eigenvalue weighted by molar-refractivity contribution is -0.123. The molecule has 4 rings (SSSR count). The first-order valence-corrected chi connectivity index (χ1v) is 12.9. The molecule has 186 valence electrons. The standard InChI is InChI=1S/C27H23FINO5S/c1-17-7-9-20(10-8-17)34-12-11-30-26(31)24(36-27(30)32)15-18-13-22(29)25(23(14-18)33-2)35-16-19-5-3-4-6-21(19)28/h3-10,13-15H,11-12,16H2,1-2H3/b24-15-. The van der Waals surface area contributed by atoms with Gasteiger partial charge in [0.25, 0.3) is 11.1 Å². The number of thioether (sulfide) groups is 1. The van der Waals surface area contributed by atoms with Gasteiger partial charge < -0.3 is 14.2 Å². The van der Waals surface area contributed by atoms with Gasteiger partial charge in [0.05, 0.1) is 22.1 Å². The SMILES string of the molecule is COc1cc(/C=C2\SC(=O)N(CCOc3ccc(C)cc3)C2=O)cc(I)c1OCc1ccccc1F. The number of carbonyl (C=O) groups is 2. The number of nitrogens with zero attached hydrogens (tertiary/aromatic N) is 1. The minimum absolute atomic E-state index is 0.0436. The maximum Gasteiger partial charge on any atom is 0.293 e. The summed E-state index contributed by atoms with van der Waals surface area (Å²) in [7, 11) is 1.51. The number of hydrogen-bond donors (Lipinski definition) is 0. The van der Waals surface area contributed by atoms with Crippen molar-refractivity contribution in [2.75, 3.05) is 20.3 Å². The molecule has 9 heteroatoms. The normalized spacial score (nSPS) is 14.4. The van der Waals surface area contributed by atoms with E-state index in [0.717, 1.165) is 20.9 Å². The highest BCUT2D eigenvalue weighted by molar-refractivity contribution is 14.1. The Balaban J connectivity index is 1.44. The molecule has 0 atom stereocenters. The number of amides is 2. The quantitative estimate of drug-likeness (QED) is 0.203. The second kappa shape index (κ2) is 11.8. The number of rotatable bonds is 9. The number of halogens is 2. The number of ether oxygens (including phenoxy) is 3. The molecule has 0 spiro atoms. The predicted octanol–water partition coefficient (Wildman–Crippen LogP) is 6.44. The van der Waals surface area contributed by atoms with Gasteiger partial charge in [0.1, 0.15) is 24.8 Å². The highest BCUT2D eigenvalue weighted by Gasteiger charge is 2.35. The summed E-state index contributed by atoms with van der Waals surface area (Å²) in [6.45, 7) is 2.38. The van der Waals surface area contributed by atoms with E-state index in [-0.39, 0.29) is 36.7 Å². The molecule has 0 aromatic heterocycles. The van der Waals surface area contributed by atoms with Crippen molar-refractivity contribution in [2.45, 2.75) is 13.5 Å². The van der Waals surface area contributed by atoms with Gasteiger partial charge in [-0.2, -0.15) is 0 Å². The van der Waals surface area contributed by atoms with Crippen LogP contribution in [0.1, 0.15) is 16.7 Å². The van der Waals surface area contributed by atoms with E-state index >= 15 is 0 Å². The van der Waals surface area contributed by atoms with E-state index in [9.17, 15) is 14.0 Å². The van der Waals surface area contributed by atoms with Crippen LogP contribution in [0, 0.1) is 16.3 Å². The summed E-state index contributed by atoms with van der Waals surface area (Å²) >= 11 is 2.98. The van der Waals surface area contributed by atoms with Crippen LogP contribution in [0.2, 0.25) is 0 Å². The van der Waals surface area contributed by atoms with Crippen molar-refractivity contribution in [3.63, 3.8) is 0 Å². The minimum atomic E-state index is -0.369. The zero-order valence-electron chi connectivity index (χ0n) is 19.6. The molecule has 1 heterocycles. The third-order valence-corrected chi connectivity index (χ3v) is 7.07. The molecule has 0 aliphatic carbocycles. The van der Waals surface area contributed by atoms with Gasteiger partial charge in [-0.1, -0.05) is 35.9 Å². The second-order valence-electron chi connectivity index (χ2n) is 7.91. The lowest BCUT2D eigenvalue weighted by Crippen LogP contribution is -2.32. The van der Waals surface area contributed by atoms with Crippen LogP contribution in [0.15, 0.2) is 65.6 Å². The Morgan fingerprint density at radius 2 is 1.81 bits per heavy atom. The molecule has 3 aromatic carbocycles. The van der Waals surface area contributed by atoms with E-state index in [4.69, 9.17) is 14.2 Å². The van der Waals surface area contributed by atoms with Crippen LogP contribution in [-0.2, 0) is 11.4 Å². The Hall–Kier alpha value is -3.05. The molecule has 1 aliphatic rings. The molecule has 0 radical (unpaired) electrons. The molecule has 0 saturated carbocycles. The summed E-state index contributed by atoms with van der Waals surface area (Å²) in [6.07, 6.45) is 1.65. The Labute approximate surface area is 226 Å². The summed E-state index contributed by atoms with van der Waals surface area (Å²) in [5.41, 5.74) is 2.23. The highest BCUT2D eigenvalue weighted by atomic mass is 127. The summed E-state index contributed by atoms with van der Waals surface area (Å²) in [4.78, 5) is 26.8. The molecule has 2 amide bonds. The third kappa shape index (κ3) is 6.19. The highest BCUT2D eigenvalue weighted by Crippen LogP contribution is 2.37. The number of benzene rings is 3. The first-order chi connectivity index (χ1) is 17.4. The maximum atomic E-state index is 14.0. The first-order valence-electron chi connectivity index (χ1n) is 11.0. The monoisotopic (exact) mass is 619 g/mol. The van der Waals surface area contributed by atoms with Crippen LogP contribution in [0.4, 0.5) is 9.18 Å². The smallest absolute Gasteiger partial charge is 0.293 e. The zero-order chi connectivity index (χ0) is 25.7. The Morgan fingerprint density at radius 3 is 2.53 bits per heavy atom. The second-order valence-corrected chi connectivity index (χ2v) is 10.1. The predicted molar refractivity (Wildman–Crippen MR) is 146 cm³/mol. The molecule has 3 aromatic rings. The topological polar surface area (TPSA) is 65.1 Å². The zero-order valence-corrected chi connectivity index (χ0v) is 22.6. The van der Waals surface area contributed by atoms with E-state index in [1.165, 1.54) is 18.1 Å². The summed E-state index contributed by atoms with van der Waals surface area (Å²) in [5.74, 6) is 0.881. The Bertz CT molecular complexity index is 1310. The van der Waals surface area contributed by atoms with Crippen LogP contribution < -0.4 is 14.2 Å². The average molecular weight is 619 g/mol. The van der Waals surface area contributed by atoms with Crippen LogP contribution >= 0.6 is 34.4 Å². The van der Waals surface area contributed by atoms with E-state index in [1.807, 2.05) is 37.3 Å². The van der Waals surface area contributed by atoms with Gasteiger partial charge in [0.15, 0.2) is 11.5 Å². The van der Waals surface area contributed by atoms with Crippen molar-refractivity contribution < 1.29 is 28.2 Å². The summed E-state index contributed by atoms with van der Waals surface area (Å²) in [5, 5.41) is -0.342. The molecule has 0 unspecified atom stereocenters. The lowest BCUT2D eigenvalue weighted by atomic mass is 10.1. The molecule has 0 N–H and O–H groups in total. The van der Waals surface area contributed by atoms with E-state index in [1.54, 1.807) is 30.3 Å². The fraction of sp³-hybridized carbons (Fsp3) is 0.185. The van der Waals surface area contributed by atoms with Crippen molar-refractivity contribution in [3.05, 3.63) is 91.6 Å². The fourth-order valence-corrected chi connectivity index (χ4v) is 5.11. The minimum Gasteiger partial charge on any atom is -0.493 e. The van der Waals surface area contributed by atoms with Crippen molar-refractivity contribution in [2.24, 2.45) is 0 Å². The van der Waals surface area contributed by atoms with Crippen molar-refractivity contribution >= 4 is 51.6 Å². The number of aryl methyl sites for hydroxylation is 1. The van der Waals surface area contributed by atoms with Gasteiger partial charge in [0, 0.05) is 5.56 Å². The molecule has 1 fully saturated rings. The van der Waals surface area contributed by atoms with Gasteiger partial charge in [-0.05, 0) is 83.2 Å². The number of carbonyl (C=O) groups excluding carboxylic acids is 2. The van der Waals surface area contributed by atoms with Crippen LogP contribution in [0.5, 0.6) is 17.2 Å². The molecule has 0 bridgehead atoms. The fourth-order valence-electron chi connectivity index (χ4n) is 3.46. The number of methoxy groups -OCH3 is 1. The molecule has 6 nitrogen and oxygen atoms in total. The van der Waals surface area contributed by atoms with Crippen LogP contribution in [0.3, 0.4) is 0 Å². The van der Waals surface area contributed by atoms with Gasteiger partial charge in [-0.3, -0.25) is 14.5 Å². The largest absolute Gasteiger partial charge is 0.493 e. The van der Waals surface area contributed by atoms with Crippen LogP contribution in [-0.4, -0.2) is 36.3 Å². The van der Waals surface area contributed by atoms with Crippen molar-refractivity contribution in [3.8, 4) is 17.2 Å². The first kappa shape index (κ1) is 26.0. The molecular weight excluding hydrogens is 596 g/mol. The summed E-state index contributed by atoms with van der Waals surface area (Å²) in [6, 6.07) is 17.5. The van der Waals surface area contributed by atoms with Crippen molar-refractivity contribution in [1.82, 2.24) is 4.90 Å². The van der Waals surface area contributed by atoms with Gasteiger partial charge in [0.2, 0.25) is 0 Å². The molecule has 1 aliphatic heterocycles. The maximum absolute atomic E-state index is 14.0. The molecule has 36 heavy (non-hydrogen) atoms. The van der Waals surface area contributed by atoms with Crippen molar-refractivity contribution in [1.29, 1.82) is 0 Å². The summed E-state index contributed by atoms with van der Waals surface area (Å²) < 4.78 is 31.7. The molecule has 1 saturated heterocycles. The van der Waals surface area contributed by atoms with E-state index in [2.05, 4.69) is 22.6 Å². The third-order valence-electron chi connectivity index (χ3n) is 5.36. The van der Waals surface area contributed by atoms with E-state index < -0.39 is 0 Å². The number of imide groups is 1. The number of hydrogen-bond acceptors (Lipinski definition) is 6. The van der Waals surface area contributed by atoms with Gasteiger partial charge in [-0.25, -0.2) is 4.39 Å². The van der Waals surface area contributed by atoms with Gasteiger partial charge >= 0.3 is 0 Å².